The summed E-state index contributed by atoms with van der Waals surface area (Å²) in [6.45, 7) is 0. The molecule has 1 aromatic carbocycles. The Hall–Kier alpha value is -1.48. The zero-order chi connectivity index (χ0) is 12.8. The molecule has 0 radical (unpaired) electrons. The average Bonchev–Trinajstić information content (AvgIpc) is 2.40. The summed E-state index contributed by atoms with van der Waals surface area (Å²) in [5.74, 6) is 0.263. The minimum atomic E-state index is 0.263. The largest absolute Gasteiger partial charge is 0.299 e. The van der Waals surface area contributed by atoms with E-state index >= 15 is 0 Å². The van der Waals surface area contributed by atoms with Gasteiger partial charge in [-0.3, -0.25) is 9.78 Å². The highest BCUT2D eigenvalue weighted by Crippen LogP contribution is 2.17. The molecule has 1 aromatic heterocycles. The van der Waals surface area contributed by atoms with Crippen LogP contribution in [0.5, 0.6) is 0 Å². The van der Waals surface area contributed by atoms with E-state index in [9.17, 15) is 4.79 Å². The van der Waals surface area contributed by atoms with Crippen molar-refractivity contribution in [2.24, 2.45) is 0 Å². The van der Waals surface area contributed by atoms with Crippen LogP contribution >= 0.6 is 15.9 Å². The molecule has 0 aliphatic carbocycles. The van der Waals surface area contributed by atoms with Crippen molar-refractivity contribution in [2.45, 2.75) is 19.3 Å². The molecule has 0 aliphatic heterocycles. The summed E-state index contributed by atoms with van der Waals surface area (Å²) >= 11 is 3.46. The van der Waals surface area contributed by atoms with E-state index in [1.165, 1.54) is 0 Å². The molecule has 0 fully saturated rings. The number of carbonyl (C=O) groups is 1. The first-order chi connectivity index (χ1) is 8.75. The maximum Gasteiger partial charge on any atom is 0.137 e. The number of carbonyl (C=O) groups excluding carboxylic acids is 1. The van der Waals surface area contributed by atoms with Crippen LogP contribution in [0, 0.1) is 0 Å². The van der Waals surface area contributed by atoms with E-state index in [0.29, 0.717) is 12.8 Å². The molecule has 2 aromatic rings. The van der Waals surface area contributed by atoms with Gasteiger partial charge >= 0.3 is 0 Å². The predicted molar refractivity (Wildman–Crippen MR) is 75.4 cm³/mol. The predicted octanol–water partition coefficient (Wildman–Crippen LogP) is 3.59. The zero-order valence-corrected chi connectivity index (χ0v) is 11.6. The summed E-state index contributed by atoms with van der Waals surface area (Å²) in [6.07, 6.45) is 5.37. The Morgan fingerprint density at radius 1 is 1.11 bits per heavy atom. The lowest BCUT2D eigenvalue weighted by molar-refractivity contribution is -0.118. The van der Waals surface area contributed by atoms with Gasteiger partial charge < -0.3 is 0 Å². The fourth-order valence-electron chi connectivity index (χ4n) is 1.78. The van der Waals surface area contributed by atoms with Crippen LogP contribution in [0.4, 0.5) is 0 Å². The third-order valence-electron chi connectivity index (χ3n) is 2.79. The Morgan fingerprint density at radius 2 is 1.83 bits per heavy atom. The van der Waals surface area contributed by atoms with Crippen molar-refractivity contribution in [3.63, 3.8) is 0 Å². The van der Waals surface area contributed by atoms with E-state index in [2.05, 4.69) is 20.9 Å². The minimum absolute atomic E-state index is 0.263. The monoisotopic (exact) mass is 303 g/mol. The average molecular weight is 304 g/mol. The van der Waals surface area contributed by atoms with Gasteiger partial charge in [0.1, 0.15) is 5.78 Å². The number of nitrogens with zero attached hydrogens (tertiary/aromatic N) is 1. The van der Waals surface area contributed by atoms with Crippen LogP contribution in [0.1, 0.15) is 17.5 Å². The number of aryl methyl sites for hydroxylation is 1. The summed E-state index contributed by atoms with van der Waals surface area (Å²) in [4.78, 5) is 15.9. The van der Waals surface area contributed by atoms with Gasteiger partial charge in [-0.25, -0.2) is 0 Å². The van der Waals surface area contributed by atoms with E-state index < -0.39 is 0 Å². The highest BCUT2D eigenvalue weighted by molar-refractivity contribution is 9.10. The summed E-state index contributed by atoms with van der Waals surface area (Å²) in [6, 6.07) is 11.8. The van der Waals surface area contributed by atoms with Crippen molar-refractivity contribution in [1.82, 2.24) is 4.98 Å². The maximum atomic E-state index is 11.9. The normalized spacial score (nSPS) is 10.3. The maximum absolute atomic E-state index is 11.9. The third-order valence-corrected chi connectivity index (χ3v) is 3.56. The molecule has 0 spiro atoms. The van der Waals surface area contributed by atoms with Gasteiger partial charge in [0.25, 0.3) is 0 Å². The number of pyridine rings is 1. The Balaban J connectivity index is 1.88. The highest BCUT2D eigenvalue weighted by Gasteiger charge is 2.06. The molecule has 2 nitrogen and oxygen atoms in total. The number of hydrogen-bond donors (Lipinski definition) is 0. The van der Waals surface area contributed by atoms with E-state index in [-0.39, 0.29) is 5.78 Å². The highest BCUT2D eigenvalue weighted by atomic mass is 79.9. The molecule has 3 heteroatoms. The van der Waals surface area contributed by atoms with Crippen LogP contribution in [0.15, 0.2) is 53.3 Å². The molecule has 0 amide bonds. The molecule has 0 bridgehead atoms. The fraction of sp³-hybridized carbons (Fsp3) is 0.200. The van der Waals surface area contributed by atoms with E-state index in [0.717, 1.165) is 22.0 Å². The number of halogens is 1. The first-order valence-corrected chi connectivity index (χ1v) is 6.69. The Morgan fingerprint density at radius 3 is 2.56 bits per heavy atom. The molecule has 0 atom stereocenters. The summed E-state index contributed by atoms with van der Waals surface area (Å²) in [5.41, 5.74) is 2.21. The van der Waals surface area contributed by atoms with Crippen molar-refractivity contribution >= 4 is 21.7 Å². The van der Waals surface area contributed by atoms with E-state index in [4.69, 9.17) is 0 Å². The standard InChI is InChI=1S/C15H14BrNO/c16-15-4-2-1-3-13(15)11-14(18)6-5-12-7-9-17-10-8-12/h1-4,7-10H,5-6,11H2. The lowest BCUT2D eigenvalue weighted by Crippen LogP contribution is -2.04. The molecule has 0 N–H and O–H groups in total. The smallest absolute Gasteiger partial charge is 0.137 e. The van der Waals surface area contributed by atoms with Crippen LogP contribution in [-0.4, -0.2) is 10.8 Å². The van der Waals surface area contributed by atoms with Crippen molar-refractivity contribution in [2.75, 3.05) is 0 Å². The summed E-state index contributed by atoms with van der Waals surface area (Å²) < 4.78 is 1.00. The van der Waals surface area contributed by atoms with E-state index in [1.54, 1.807) is 12.4 Å². The third kappa shape index (κ3) is 3.77. The first kappa shape index (κ1) is 13.0. The molecule has 0 aliphatic rings. The van der Waals surface area contributed by atoms with Crippen molar-refractivity contribution in [1.29, 1.82) is 0 Å². The minimum Gasteiger partial charge on any atom is -0.299 e. The van der Waals surface area contributed by atoms with Gasteiger partial charge in [0.15, 0.2) is 0 Å². The molecular weight excluding hydrogens is 290 g/mol. The summed E-state index contributed by atoms with van der Waals surface area (Å²) in [5, 5.41) is 0. The molecule has 0 unspecified atom stereocenters. The van der Waals surface area contributed by atoms with Crippen molar-refractivity contribution in [3.05, 3.63) is 64.4 Å². The molecule has 0 saturated carbocycles. The Bertz CT molecular complexity index is 525. The van der Waals surface area contributed by atoms with Crippen LogP contribution < -0.4 is 0 Å². The zero-order valence-electron chi connectivity index (χ0n) is 9.97. The number of Topliss-reactive ketones (excluding diaryl/α,β-unsaturated/α-hetero) is 1. The second-order valence-electron chi connectivity index (χ2n) is 4.16. The Kier molecular flexibility index (Phi) is 4.65. The molecule has 1 heterocycles. The van der Waals surface area contributed by atoms with Crippen LogP contribution in [0.3, 0.4) is 0 Å². The number of rotatable bonds is 5. The SMILES string of the molecule is O=C(CCc1ccncc1)Cc1ccccc1Br. The van der Waals surface area contributed by atoms with Crippen molar-refractivity contribution in [3.8, 4) is 0 Å². The van der Waals surface area contributed by atoms with Gasteiger partial charge in [0, 0.05) is 29.7 Å². The topological polar surface area (TPSA) is 30.0 Å². The van der Waals surface area contributed by atoms with E-state index in [1.807, 2.05) is 36.4 Å². The summed E-state index contributed by atoms with van der Waals surface area (Å²) in [7, 11) is 0. The molecule has 0 saturated heterocycles. The number of ketones is 1. The van der Waals surface area contributed by atoms with Crippen LogP contribution in [0.25, 0.3) is 0 Å². The number of aromatic nitrogens is 1. The van der Waals surface area contributed by atoms with Crippen molar-refractivity contribution < 1.29 is 4.79 Å². The van der Waals surface area contributed by atoms with Crippen LogP contribution in [-0.2, 0) is 17.6 Å². The fourth-order valence-corrected chi connectivity index (χ4v) is 2.20. The van der Waals surface area contributed by atoms with Gasteiger partial charge in [-0.05, 0) is 35.7 Å². The van der Waals surface area contributed by atoms with Gasteiger partial charge in [0.05, 0.1) is 0 Å². The Labute approximate surface area is 115 Å². The quantitative estimate of drug-likeness (QED) is 0.845. The molecule has 18 heavy (non-hydrogen) atoms. The first-order valence-electron chi connectivity index (χ1n) is 5.90. The second-order valence-corrected chi connectivity index (χ2v) is 5.02. The molecule has 92 valence electrons. The van der Waals surface area contributed by atoms with Gasteiger partial charge in [-0.1, -0.05) is 34.1 Å². The molecule has 2 rings (SSSR count). The van der Waals surface area contributed by atoms with Crippen LogP contribution in [0.2, 0.25) is 0 Å². The lowest BCUT2D eigenvalue weighted by atomic mass is 10.0. The van der Waals surface area contributed by atoms with Gasteiger partial charge in [0.2, 0.25) is 0 Å². The van der Waals surface area contributed by atoms with Gasteiger partial charge in [-0.15, -0.1) is 0 Å². The molecular formula is C15H14BrNO. The van der Waals surface area contributed by atoms with Gasteiger partial charge in [-0.2, -0.15) is 0 Å². The lowest BCUT2D eigenvalue weighted by Gasteiger charge is -2.04. The number of hydrogen-bond acceptors (Lipinski definition) is 2. The second kappa shape index (κ2) is 6.45. The number of benzene rings is 1.